The molecule has 0 bridgehead atoms. The first-order valence-electron chi connectivity index (χ1n) is 8.29. The van der Waals surface area contributed by atoms with Crippen LogP contribution in [-0.2, 0) is 9.59 Å². The molecule has 0 spiro atoms. The van der Waals surface area contributed by atoms with E-state index in [4.69, 9.17) is 0 Å². The number of anilines is 1. The number of non-ortho nitro benzene ring substituents is 1. The quantitative estimate of drug-likeness (QED) is 0.453. The monoisotopic (exact) mass is 397 g/mol. The molecule has 9 heteroatoms. The van der Waals surface area contributed by atoms with E-state index >= 15 is 0 Å². The Labute approximate surface area is 164 Å². The molecule has 8 nitrogen and oxygen atoms in total. The highest BCUT2D eigenvalue weighted by Crippen LogP contribution is 2.32. The second kappa shape index (κ2) is 8.49. The molecule has 0 saturated carbocycles. The summed E-state index contributed by atoms with van der Waals surface area (Å²) in [6.07, 6.45) is 1.40. The van der Waals surface area contributed by atoms with E-state index in [0.29, 0.717) is 11.3 Å². The Morgan fingerprint density at radius 3 is 2.61 bits per heavy atom. The van der Waals surface area contributed by atoms with Crippen molar-refractivity contribution in [2.45, 2.75) is 6.42 Å². The molecule has 1 aliphatic heterocycles. The molecule has 3 rings (SSSR count). The SMILES string of the molecule is O=C(CCN1C(=O)SC(=Cc2cccc([N+](=O)[O-])c2)C1=O)Nc1ccccc1. The largest absolute Gasteiger partial charge is 0.326 e. The molecule has 1 aliphatic rings. The van der Waals surface area contributed by atoms with Crippen molar-refractivity contribution in [1.82, 2.24) is 4.90 Å². The van der Waals surface area contributed by atoms with Gasteiger partial charge in [0.1, 0.15) is 0 Å². The Kier molecular flexibility index (Phi) is 5.85. The lowest BCUT2D eigenvalue weighted by Crippen LogP contribution is -2.31. The zero-order chi connectivity index (χ0) is 20.1. The van der Waals surface area contributed by atoms with Crippen LogP contribution in [0.15, 0.2) is 59.5 Å². The first-order valence-corrected chi connectivity index (χ1v) is 9.10. The summed E-state index contributed by atoms with van der Waals surface area (Å²) >= 11 is 0.744. The van der Waals surface area contributed by atoms with E-state index < -0.39 is 16.1 Å². The standard InChI is InChI=1S/C19H15N3O5S/c23-17(20-14-6-2-1-3-7-14)9-10-21-18(24)16(28-19(21)25)12-13-5-4-8-15(11-13)22(26)27/h1-8,11-12H,9-10H2,(H,20,23). The molecule has 2 aromatic rings. The number of rotatable bonds is 6. The number of benzene rings is 2. The molecule has 28 heavy (non-hydrogen) atoms. The smallest absolute Gasteiger partial charge is 0.293 e. The maximum atomic E-state index is 12.5. The molecule has 2 aromatic carbocycles. The molecule has 0 unspecified atom stereocenters. The van der Waals surface area contributed by atoms with Crippen LogP contribution in [0.2, 0.25) is 0 Å². The van der Waals surface area contributed by atoms with Gasteiger partial charge in [-0.2, -0.15) is 0 Å². The molecule has 142 valence electrons. The van der Waals surface area contributed by atoms with Crippen molar-refractivity contribution in [2.24, 2.45) is 0 Å². The van der Waals surface area contributed by atoms with Crippen LogP contribution in [0.4, 0.5) is 16.2 Å². The van der Waals surface area contributed by atoms with Crippen molar-refractivity contribution in [2.75, 3.05) is 11.9 Å². The van der Waals surface area contributed by atoms with Gasteiger partial charge in [-0.05, 0) is 35.5 Å². The van der Waals surface area contributed by atoms with Gasteiger partial charge in [0, 0.05) is 30.8 Å². The number of carbonyl (C=O) groups excluding carboxylic acids is 3. The first kappa shape index (κ1) is 19.3. The summed E-state index contributed by atoms with van der Waals surface area (Å²) in [6, 6.07) is 14.6. The Bertz CT molecular complexity index is 975. The minimum absolute atomic E-state index is 0.0307. The average molecular weight is 397 g/mol. The van der Waals surface area contributed by atoms with Crippen LogP contribution in [-0.4, -0.2) is 33.4 Å². The van der Waals surface area contributed by atoms with Crippen LogP contribution in [0.1, 0.15) is 12.0 Å². The summed E-state index contributed by atoms with van der Waals surface area (Å²) in [5.41, 5.74) is 0.972. The van der Waals surface area contributed by atoms with Crippen molar-refractivity contribution in [1.29, 1.82) is 0 Å². The van der Waals surface area contributed by atoms with Crippen molar-refractivity contribution < 1.29 is 19.3 Å². The summed E-state index contributed by atoms with van der Waals surface area (Å²) in [5, 5.41) is 13.1. The Balaban J connectivity index is 1.64. The summed E-state index contributed by atoms with van der Waals surface area (Å²) in [6.45, 7) is -0.0460. The molecule has 1 N–H and O–H groups in total. The maximum absolute atomic E-state index is 12.5. The Morgan fingerprint density at radius 2 is 1.89 bits per heavy atom. The molecule has 0 atom stereocenters. The Hall–Kier alpha value is -3.46. The van der Waals surface area contributed by atoms with Crippen LogP contribution in [0.3, 0.4) is 0 Å². The number of nitrogens with zero attached hydrogens (tertiary/aromatic N) is 2. The number of para-hydroxylation sites is 1. The second-order valence-corrected chi connectivity index (χ2v) is 6.84. The van der Waals surface area contributed by atoms with Gasteiger partial charge in [-0.3, -0.25) is 29.4 Å². The molecule has 0 aromatic heterocycles. The number of amides is 3. The van der Waals surface area contributed by atoms with Crippen molar-refractivity contribution in [3.05, 3.63) is 75.2 Å². The lowest BCUT2D eigenvalue weighted by Gasteiger charge is -2.12. The molecule has 0 aliphatic carbocycles. The van der Waals surface area contributed by atoms with E-state index in [1.165, 1.54) is 24.3 Å². The summed E-state index contributed by atoms with van der Waals surface area (Å²) < 4.78 is 0. The van der Waals surface area contributed by atoms with Gasteiger partial charge in [0.05, 0.1) is 9.83 Å². The minimum Gasteiger partial charge on any atom is -0.326 e. The van der Waals surface area contributed by atoms with Gasteiger partial charge < -0.3 is 5.32 Å². The molecule has 1 saturated heterocycles. The summed E-state index contributed by atoms with van der Waals surface area (Å²) in [5.74, 6) is -0.832. The van der Waals surface area contributed by atoms with Crippen LogP contribution >= 0.6 is 11.8 Å². The highest BCUT2D eigenvalue weighted by atomic mass is 32.2. The van der Waals surface area contributed by atoms with E-state index in [1.54, 1.807) is 30.3 Å². The van der Waals surface area contributed by atoms with Gasteiger partial charge in [0.25, 0.3) is 16.8 Å². The molecule has 1 fully saturated rings. The van der Waals surface area contributed by atoms with Crippen LogP contribution in [0, 0.1) is 10.1 Å². The number of nitro groups is 1. The molecule has 0 radical (unpaired) electrons. The van der Waals surface area contributed by atoms with Crippen LogP contribution < -0.4 is 5.32 Å². The zero-order valence-electron chi connectivity index (χ0n) is 14.5. The lowest BCUT2D eigenvalue weighted by atomic mass is 10.2. The predicted octanol–water partition coefficient (Wildman–Crippen LogP) is 3.66. The molecule has 1 heterocycles. The molecular formula is C19H15N3O5S. The zero-order valence-corrected chi connectivity index (χ0v) is 15.3. The third-order valence-corrected chi connectivity index (χ3v) is 4.78. The fourth-order valence-corrected chi connectivity index (χ4v) is 3.40. The minimum atomic E-state index is -0.533. The van der Waals surface area contributed by atoms with Gasteiger partial charge >= 0.3 is 0 Å². The maximum Gasteiger partial charge on any atom is 0.293 e. The van der Waals surface area contributed by atoms with E-state index in [9.17, 15) is 24.5 Å². The number of hydrogen-bond donors (Lipinski definition) is 1. The second-order valence-electron chi connectivity index (χ2n) is 5.85. The third-order valence-electron chi connectivity index (χ3n) is 3.87. The topological polar surface area (TPSA) is 110 Å². The fourth-order valence-electron chi connectivity index (χ4n) is 2.53. The predicted molar refractivity (Wildman–Crippen MR) is 105 cm³/mol. The number of nitro benzene ring substituents is 1. The highest BCUT2D eigenvalue weighted by Gasteiger charge is 2.35. The molecule has 3 amide bonds. The third kappa shape index (κ3) is 4.63. The van der Waals surface area contributed by atoms with Crippen molar-refractivity contribution >= 4 is 46.3 Å². The Morgan fingerprint density at radius 1 is 1.14 bits per heavy atom. The lowest BCUT2D eigenvalue weighted by molar-refractivity contribution is -0.384. The van der Waals surface area contributed by atoms with Gasteiger partial charge in [-0.25, -0.2) is 0 Å². The van der Waals surface area contributed by atoms with Gasteiger partial charge in [-0.1, -0.05) is 30.3 Å². The van der Waals surface area contributed by atoms with E-state index in [1.807, 2.05) is 6.07 Å². The van der Waals surface area contributed by atoms with E-state index in [0.717, 1.165) is 16.7 Å². The van der Waals surface area contributed by atoms with Crippen LogP contribution in [0.5, 0.6) is 0 Å². The van der Waals surface area contributed by atoms with Crippen molar-refractivity contribution in [3.63, 3.8) is 0 Å². The summed E-state index contributed by atoms with van der Waals surface area (Å²) in [7, 11) is 0. The number of nitrogens with one attached hydrogen (secondary N) is 1. The average Bonchev–Trinajstić information content (AvgIpc) is 2.94. The number of hydrogen-bond acceptors (Lipinski definition) is 6. The highest BCUT2D eigenvalue weighted by molar-refractivity contribution is 8.18. The normalized spacial score (nSPS) is 15.1. The number of imide groups is 1. The van der Waals surface area contributed by atoms with Crippen LogP contribution in [0.25, 0.3) is 6.08 Å². The van der Waals surface area contributed by atoms with Crippen molar-refractivity contribution in [3.8, 4) is 0 Å². The fraction of sp³-hybridized carbons (Fsp3) is 0.105. The molecular weight excluding hydrogens is 382 g/mol. The number of carbonyl (C=O) groups is 3. The van der Waals surface area contributed by atoms with Gasteiger partial charge in [0.2, 0.25) is 5.91 Å². The van der Waals surface area contributed by atoms with Gasteiger partial charge in [-0.15, -0.1) is 0 Å². The first-order chi connectivity index (χ1) is 13.4. The van der Waals surface area contributed by atoms with E-state index in [-0.39, 0.29) is 29.5 Å². The van der Waals surface area contributed by atoms with E-state index in [2.05, 4.69) is 5.32 Å². The summed E-state index contributed by atoms with van der Waals surface area (Å²) in [4.78, 5) is 48.1. The van der Waals surface area contributed by atoms with Gasteiger partial charge in [0.15, 0.2) is 0 Å². The number of thioether (sulfide) groups is 1.